The zero-order chi connectivity index (χ0) is 30.5. The minimum absolute atomic E-state index is 0.128. The van der Waals surface area contributed by atoms with E-state index in [-0.39, 0.29) is 36.9 Å². The second-order valence-corrected chi connectivity index (χ2v) is 10.4. The predicted molar refractivity (Wildman–Crippen MR) is 150 cm³/mol. The van der Waals surface area contributed by atoms with Crippen LogP contribution in [0.25, 0.3) is 6.08 Å². The van der Waals surface area contributed by atoms with Crippen molar-refractivity contribution in [3.63, 3.8) is 0 Å². The summed E-state index contributed by atoms with van der Waals surface area (Å²) in [6, 6.07) is 15.2. The van der Waals surface area contributed by atoms with Gasteiger partial charge >= 0.3 is 18.4 Å². The van der Waals surface area contributed by atoms with E-state index in [2.05, 4.69) is 18.1 Å². The molecule has 0 unspecified atom stereocenters. The number of benzene rings is 3. The Hall–Kier alpha value is -3.62. The number of halogens is 6. The number of nitrogens with one attached hydrogen (secondary N) is 1. The molecule has 0 radical (unpaired) electrons. The molecule has 0 spiro atoms. The summed E-state index contributed by atoms with van der Waals surface area (Å²) < 4.78 is 91.2. The molecule has 1 aliphatic rings. The van der Waals surface area contributed by atoms with Gasteiger partial charge in [0.25, 0.3) is 0 Å². The Bertz CT molecular complexity index is 1460. The number of carbonyl (C=O) groups is 2. The first-order valence-electron chi connectivity index (χ1n) is 12.3. The van der Waals surface area contributed by atoms with Gasteiger partial charge in [0, 0.05) is 34.6 Å². The van der Waals surface area contributed by atoms with Crippen molar-refractivity contribution < 1.29 is 40.7 Å². The lowest BCUT2D eigenvalue weighted by Gasteiger charge is -2.25. The lowest BCUT2D eigenvalue weighted by atomic mass is 9.99. The first-order valence-corrected chi connectivity index (χ1v) is 13.6. The fourth-order valence-electron chi connectivity index (χ4n) is 4.08. The van der Waals surface area contributed by atoms with E-state index in [1.807, 2.05) is 0 Å². The van der Waals surface area contributed by atoms with Crippen molar-refractivity contribution in [1.29, 1.82) is 0 Å². The topological polar surface area (TPSA) is 61.9 Å². The SMILES string of the molecule is O=C(C=Cc1ccc(Sc2cccc(N(S)C(=O)Nc3ccccc3)c2)c(C(F)(F)F)c1C(F)(F)F)N1CCOCC1. The summed E-state index contributed by atoms with van der Waals surface area (Å²) in [5.74, 6) is -0.636. The monoisotopic (exact) mass is 627 g/mol. The van der Waals surface area contributed by atoms with Crippen LogP contribution in [0.4, 0.5) is 42.5 Å². The van der Waals surface area contributed by atoms with E-state index >= 15 is 0 Å². The molecule has 0 saturated carbocycles. The van der Waals surface area contributed by atoms with Crippen molar-refractivity contribution in [3.05, 3.63) is 89.5 Å². The lowest BCUT2D eigenvalue weighted by molar-refractivity contribution is -0.163. The van der Waals surface area contributed by atoms with E-state index in [0.29, 0.717) is 17.4 Å². The van der Waals surface area contributed by atoms with E-state index in [9.17, 15) is 35.9 Å². The summed E-state index contributed by atoms with van der Waals surface area (Å²) in [6.07, 6.45) is -9.19. The lowest BCUT2D eigenvalue weighted by Crippen LogP contribution is -2.39. The summed E-state index contributed by atoms with van der Waals surface area (Å²) in [6.45, 7) is 0.938. The molecule has 3 amide bonds. The molecule has 0 aromatic heterocycles. The molecule has 3 aromatic carbocycles. The summed E-state index contributed by atoms with van der Waals surface area (Å²) in [5, 5.41) is 2.60. The highest BCUT2D eigenvalue weighted by Gasteiger charge is 2.46. The van der Waals surface area contributed by atoms with Gasteiger partial charge in [0.1, 0.15) is 0 Å². The molecule has 0 bridgehead atoms. The van der Waals surface area contributed by atoms with Crippen molar-refractivity contribution in [2.75, 3.05) is 35.9 Å². The zero-order valence-electron chi connectivity index (χ0n) is 21.6. The number of anilines is 2. The first kappa shape index (κ1) is 31.3. The zero-order valence-corrected chi connectivity index (χ0v) is 23.3. The number of ether oxygens (including phenoxy) is 1. The standard InChI is InChI=1S/C28H23F6N3O3S2/c29-27(30,31)24-18(10-12-23(38)36-13-15-40-16-14-36)9-11-22(25(24)28(32,33)34)42-21-8-4-7-20(17-21)37(41)26(39)35-19-5-2-1-3-6-19/h1-12,17,41H,13-16H2,(H,35,39). The second kappa shape index (κ2) is 13.1. The largest absolute Gasteiger partial charge is 0.418 e. The van der Waals surface area contributed by atoms with Crippen LogP contribution in [0.1, 0.15) is 16.7 Å². The Morgan fingerprint density at radius 1 is 0.905 bits per heavy atom. The van der Waals surface area contributed by atoms with Gasteiger partial charge in [-0.1, -0.05) is 54.9 Å². The van der Waals surface area contributed by atoms with E-state index in [4.69, 9.17) is 4.74 Å². The number of para-hydroxylation sites is 1. The third-order valence-electron chi connectivity index (χ3n) is 6.00. The average molecular weight is 628 g/mol. The van der Waals surface area contributed by atoms with Crippen molar-refractivity contribution in [2.24, 2.45) is 0 Å². The molecule has 1 fully saturated rings. The number of nitrogens with zero attached hydrogens (tertiary/aromatic N) is 2. The molecular formula is C28H23F6N3O3S2. The fraction of sp³-hybridized carbons (Fsp3) is 0.214. The molecule has 0 atom stereocenters. The van der Waals surface area contributed by atoms with Crippen molar-refractivity contribution in [1.82, 2.24) is 4.90 Å². The maximum atomic E-state index is 14.2. The number of amides is 3. The molecule has 1 saturated heterocycles. The van der Waals surface area contributed by atoms with Crippen LogP contribution in [-0.2, 0) is 21.9 Å². The minimum atomic E-state index is -5.39. The first-order chi connectivity index (χ1) is 19.8. The summed E-state index contributed by atoms with van der Waals surface area (Å²) in [7, 11) is 0. The van der Waals surface area contributed by atoms with Crippen LogP contribution in [-0.4, -0.2) is 43.1 Å². The highest BCUT2D eigenvalue weighted by atomic mass is 32.2. The molecule has 1 N–H and O–H groups in total. The Kier molecular flexibility index (Phi) is 9.79. The van der Waals surface area contributed by atoms with E-state index in [1.165, 1.54) is 29.2 Å². The average Bonchev–Trinajstić information content (AvgIpc) is 2.95. The Labute approximate surface area is 246 Å². The van der Waals surface area contributed by atoms with Gasteiger partial charge in [0.15, 0.2) is 0 Å². The van der Waals surface area contributed by atoms with Gasteiger partial charge in [-0.05, 0) is 48.0 Å². The van der Waals surface area contributed by atoms with Gasteiger partial charge in [-0.15, -0.1) is 0 Å². The number of morpholine rings is 1. The molecule has 6 nitrogen and oxygen atoms in total. The summed E-state index contributed by atoms with van der Waals surface area (Å²) >= 11 is 4.62. The quantitative estimate of drug-likeness (QED) is 0.168. The smallest absolute Gasteiger partial charge is 0.378 e. The van der Waals surface area contributed by atoms with Crippen molar-refractivity contribution >= 4 is 54.0 Å². The Morgan fingerprint density at radius 2 is 1.57 bits per heavy atom. The van der Waals surface area contributed by atoms with Crippen LogP contribution in [0.2, 0.25) is 0 Å². The molecule has 3 aromatic rings. The molecule has 42 heavy (non-hydrogen) atoms. The van der Waals surface area contributed by atoms with E-state index in [1.54, 1.807) is 30.3 Å². The normalized spacial score (nSPS) is 14.2. The van der Waals surface area contributed by atoms with Gasteiger partial charge in [0.05, 0.1) is 30.0 Å². The maximum Gasteiger partial charge on any atom is 0.418 e. The number of carbonyl (C=O) groups excluding carboxylic acids is 2. The van der Waals surface area contributed by atoms with Crippen LogP contribution >= 0.6 is 24.6 Å². The van der Waals surface area contributed by atoms with Crippen LogP contribution in [0.5, 0.6) is 0 Å². The van der Waals surface area contributed by atoms with Gasteiger partial charge in [-0.25, -0.2) is 9.10 Å². The molecule has 4 rings (SSSR count). The number of alkyl halides is 6. The number of hydrogen-bond donors (Lipinski definition) is 2. The van der Waals surface area contributed by atoms with Gasteiger partial charge in [0.2, 0.25) is 5.91 Å². The number of hydrogen-bond acceptors (Lipinski definition) is 5. The number of rotatable bonds is 6. The summed E-state index contributed by atoms with van der Waals surface area (Å²) in [5.41, 5.74) is -3.94. The molecule has 0 aliphatic carbocycles. The van der Waals surface area contributed by atoms with Crippen LogP contribution in [0.15, 0.2) is 82.6 Å². The number of thiol groups is 1. The molecule has 222 valence electrons. The van der Waals surface area contributed by atoms with Gasteiger partial charge < -0.3 is 15.0 Å². The van der Waals surface area contributed by atoms with Crippen LogP contribution in [0.3, 0.4) is 0 Å². The van der Waals surface area contributed by atoms with Gasteiger partial charge in [-0.3, -0.25) is 4.79 Å². The van der Waals surface area contributed by atoms with E-state index in [0.717, 1.165) is 28.6 Å². The second-order valence-electron chi connectivity index (χ2n) is 8.88. The molecule has 1 aliphatic heterocycles. The Morgan fingerprint density at radius 3 is 2.21 bits per heavy atom. The molecule has 1 heterocycles. The molecule has 14 heteroatoms. The third kappa shape index (κ3) is 7.81. The highest BCUT2D eigenvalue weighted by molar-refractivity contribution is 7.99. The third-order valence-corrected chi connectivity index (χ3v) is 7.46. The summed E-state index contributed by atoms with van der Waals surface area (Å²) in [4.78, 5) is 25.7. The number of urea groups is 1. The van der Waals surface area contributed by atoms with Crippen LogP contribution < -0.4 is 9.62 Å². The molecular weight excluding hydrogens is 604 g/mol. The predicted octanol–water partition coefficient (Wildman–Crippen LogP) is 7.63. The van der Waals surface area contributed by atoms with Gasteiger partial charge in [-0.2, -0.15) is 26.3 Å². The fourth-order valence-corrected chi connectivity index (χ4v) is 5.29. The Balaban J connectivity index is 1.65. The van der Waals surface area contributed by atoms with Crippen molar-refractivity contribution in [2.45, 2.75) is 22.1 Å². The highest BCUT2D eigenvalue weighted by Crippen LogP contribution is 2.48. The van der Waals surface area contributed by atoms with Crippen LogP contribution in [0, 0.1) is 0 Å². The maximum absolute atomic E-state index is 14.2. The minimum Gasteiger partial charge on any atom is -0.378 e. The van der Waals surface area contributed by atoms with Crippen molar-refractivity contribution in [3.8, 4) is 0 Å². The van der Waals surface area contributed by atoms with E-state index < -0.39 is 45.9 Å².